The van der Waals surface area contributed by atoms with E-state index >= 15 is 0 Å². The summed E-state index contributed by atoms with van der Waals surface area (Å²) in [4.78, 5) is 65.2. The predicted molar refractivity (Wildman–Crippen MR) is 138 cm³/mol. The van der Waals surface area contributed by atoms with Gasteiger partial charge in [-0.3, -0.25) is 24.1 Å². The van der Waals surface area contributed by atoms with E-state index < -0.39 is 30.0 Å². The number of imide groups is 1. The van der Waals surface area contributed by atoms with Crippen LogP contribution in [0.2, 0.25) is 0 Å². The minimum absolute atomic E-state index is 0.168. The van der Waals surface area contributed by atoms with Crippen molar-refractivity contribution in [3.05, 3.63) is 64.7 Å². The van der Waals surface area contributed by atoms with Gasteiger partial charge in [0.1, 0.15) is 11.6 Å². The maximum atomic E-state index is 13.2. The molecule has 2 aromatic rings. The number of carbonyl (C=O) groups excluding carboxylic acids is 4. The maximum Gasteiger partial charge on any atom is 0.338 e. The van der Waals surface area contributed by atoms with Gasteiger partial charge in [-0.05, 0) is 69.5 Å². The Morgan fingerprint density at radius 3 is 2.24 bits per heavy atom. The molecule has 0 spiro atoms. The van der Waals surface area contributed by atoms with Crippen molar-refractivity contribution in [1.82, 2.24) is 9.80 Å². The third-order valence-electron chi connectivity index (χ3n) is 6.36. The van der Waals surface area contributed by atoms with Crippen molar-refractivity contribution < 1.29 is 33.8 Å². The van der Waals surface area contributed by atoms with E-state index in [9.17, 15) is 29.1 Å². The topological polar surface area (TPSA) is 133 Å². The molecule has 0 unspecified atom stereocenters. The summed E-state index contributed by atoms with van der Waals surface area (Å²) in [5, 5.41) is 12.4. The zero-order valence-electron chi connectivity index (χ0n) is 21.7. The van der Waals surface area contributed by atoms with Crippen molar-refractivity contribution >= 4 is 35.3 Å². The highest BCUT2D eigenvalue weighted by Gasteiger charge is 2.35. The van der Waals surface area contributed by atoms with Gasteiger partial charge in [-0.25, -0.2) is 4.79 Å². The number of amides is 3. The fourth-order valence-electron chi connectivity index (χ4n) is 4.60. The van der Waals surface area contributed by atoms with Crippen LogP contribution in [0.5, 0.6) is 0 Å². The van der Waals surface area contributed by atoms with Crippen molar-refractivity contribution in [3.63, 3.8) is 0 Å². The van der Waals surface area contributed by atoms with Crippen molar-refractivity contribution in [3.8, 4) is 0 Å². The Bertz CT molecular complexity index is 1260. The van der Waals surface area contributed by atoms with Crippen molar-refractivity contribution in [2.75, 3.05) is 18.4 Å². The number of hydrogen-bond acceptors (Lipinski definition) is 7. The Morgan fingerprint density at radius 1 is 1.00 bits per heavy atom. The molecule has 0 saturated carbocycles. The molecule has 0 aromatic heterocycles. The first-order valence-corrected chi connectivity index (χ1v) is 12.5. The summed E-state index contributed by atoms with van der Waals surface area (Å²) in [6.45, 7) is 5.99. The summed E-state index contributed by atoms with van der Waals surface area (Å²) in [6, 6.07) is 10.6. The van der Waals surface area contributed by atoms with Gasteiger partial charge in [0.05, 0.1) is 23.1 Å². The number of rotatable bonds is 8. The normalized spacial score (nSPS) is 17.0. The summed E-state index contributed by atoms with van der Waals surface area (Å²) in [5.41, 5.74) is 1.67. The van der Waals surface area contributed by atoms with E-state index in [1.165, 1.54) is 4.90 Å². The average Bonchev–Trinajstić information content (AvgIpc) is 3.00. The molecule has 10 nitrogen and oxygen atoms in total. The number of ether oxygens (including phenoxy) is 1. The number of carboxylic acid groups (broad SMARTS) is 1. The van der Waals surface area contributed by atoms with Gasteiger partial charge in [-0.15, -0.1) is 0 Å². The second-order valence-corrected chi connectivity index (χ2v) is 10.4. The molecular formula is C28H31N3O7. The van der Waals surface area contributed by atoms with Crippen LogP contribution in [0.15, 0.2) is 42.5 Å². The molecule has 4 rings (SSSR count). The van der Waals surface area contributed by atoms with Gasteiger partial charge < -0.3 is 20.1 Å². The highest BCUT2D eigenvalue weighted by Crippen LogP contribution is 2.27. The SMILES string of the molecule is CC(C)(C)OC(=O)c1ccc2c(c1)CN(CCCCN1C(=O)c3ccccc3C1=O)C(=O)[C@H](CC(=O)O)N2. The molecule has 0 radical (unpaired) electrons. The first-order valence-electron chi connectivity index (χ1n) is 12.5. The van der Waals surface area contributed by atoms with E-state index in [0.717, 1.165) is 0 Å². The Labute approximate surface area is 220 Å². The van der Waals surface area contributed by atoms with Crippen molar-refractivity contribution in [2.45, 2.75) is 58.2 Å². The molecule has 3 amide bonds. The van der Waals surface area contributed by atoms with Crippen LogP contribution in [0.1, 0.15) is 76.7 Å². The third-order valence-corrected chi connectivity index (χ3v) is 6.36. The van der Waals surface area contributed by atoms with E-state index in [-0.39, 0.29) is 37.4 Å². The number of anilines is 1. The van der Waals surface area contributed by atoms with Crippen LogP contribution < -0.4 is 5.32 Å². The van der Waals surface area contributed by atoms with Crippen LogP contribution in [0.3, 0.4) is 0 Å². The Morgan fingerprint density at radius 2 is 1.63 bits per heavy atom. The molecule has 1 atom stereocenters. The van der Waals surface area contributed by atoms with Gasteiger partial charge in [0.2, 0.25) is 5.91 Å². The molecule has 2 aliphatic rings. The van der Waals surface area contributed by atoms with Crippen LogP contribution in [0, 0.1) is 0 Å². The number of benzene rings is 2. The molecule has 2 heterocycles. The van der Waals surface area contributed by atoms with E-state index in [4.69, 9.17) is 4.74 Å². The quantitative estimate of drug-likeness (QED) is 0.307. The van der Waals surface area contributed by atoms with E-state index in [2.05, 4.69) is 5.32 Å². The lowest BCUT2D eigenvalue weighted by atomic mass is 10.1. The van der Waals surface area contributed by atoms with E-state index in [1.807, 2.05) is 0 Å². The van der Waals surface area contributed by atoms with Gasteiger partial charge in [0.25, 0.3) is 11.8 Å². The summed E-state index contributed by atoms with van der Waals surface area (Å²) < 4.78 is 5.46. The second kappa shape index (κ2) is 10.6. The minimum atomic E-state index is -1.12. The van der Waals surface area contributed by atoms with Crippen molar-refractivity contribution in [1.29, 1.82) is 0 Å². The lowest BCUT2D eigenvalue weighted by Crippen LogP contribution is -2.42. The number of fused-ring (bicyclic) bond motifs is 2. The molecule has 200 valence electrons. The van der Waals surface area contributed by atoms with Gasteiger partial charge in [0.15, 0.2) is 0 Å². The smallest absolute Gasteiger partial charge is 0.338 e. The first-order chi connectivity index (χ1) is 17.9. The summed E-state index contributed by atoms with van der Waals surface area (Å²) in [6.07, 6.45) is 0.550. The van der Waals surface area contributed by atoms with Crippen LogP contribution >= 0.6 is 0 Å². The molecule has 0 saturated heterocycles. The molecule has 2 aromatic carbocycles. The first kappa shape index (κ1) is 26.8. The molecular weight excluding hydrogens is 490 g/mol. The average molecular weight is 522 g/mol. The number of nitrogens with one attached hydrogen (secondary N) is 1. The van der Waals surface area contributed by atoms with E-state index in [1.54, 1.807) is 68.1 Å². The van der Waals surface area contributed by atoms with Crippen molar-refractivity contribution in [2.24, 2.45) is 0 Å². The summed E-state index contributed by atoms with van der Waals surface area (Å²) in [7, 11) is 0. The van der Waals surface area contributed by atoms with Gasteiger partial charge in [0, 0.05) is 25.3 Å². The summed E-state index contributed by atoms with van der Waals surface area (Å²) >= 11 is 0. The van der Waals surface area contributed by atoms with Crippen LogP contribution in [0.4, 0.5) is 5.69 Å². The minimum Gasteiger partial charge on any atom is -0.481 e. The van der Waals surface area contributed by atoms with Crippen LogP contribution in [-0.4, -0.2) is 69.3 Å². The lowest BCUT2D eigenvalue weighted by Gasteiger charge is -2.24. The number of nitrogens with zero attached hydrogens (tertiary/aromatic N) is 2. The molecule has 2 N–H and O–H groups in total. The monoisotopic (exact) mass is 521 g/mol. The van der Waals surface area contributed by atoms with Gasteiger partial charge >= 0.3 is 11.9 Å². The zero-order valence-corrected chi connectivity index (χ0v) is 21.7. The highest BCUT2D eigenvalue weighted by atomic mass is 16.6. The van der Waals surface area contributed by atoms with Gasteiger partial charge in [-0.2, -0.15) is 0 Å². The molecule has 2 aliphatic heterocycles. The van der Waals surface area contributed by atoms with Crippen LogP contribution in [0.25, 0.3) is 0 Å². The molecule has 38 heavy (non-hydrogen) atoms. The second-order valence-electron chi connectivity index (χ2n) is 10.4. The Kier molecular flexibility index (Phi) is 7.52. The Hall–Kier alpha value is -4.21. The van der Waals surface area contributed by atoms with E-state index in [0.29, 0.717) is 40.8 Å². The number of hydrogen-bond donors (Lipinski definition) is 2. The highest BCUT2D eigenvalue weighted by molar-refractivity contribution is 6.21. The number of aliphatic carboxylic acids is 1. The molecule has 10 heteroatoms. The van der Waals surface area contributed by atoms with Crippen LogP contribution in [-0.2, 0) is 20.9 Å². The molecule has 0 aliphatic carbocycles. The predicted octanol–water partition coefficient (Wildman–Crippen LogP) is 3.32. The Balaban J connectivity index is 1.46. The fourth-order valence-corrected chi connectivity index (χ4v) is 4.60. The lowest BCUT2D eigenvalue weighted by molar-refractivity contribution is -0.141. The number of unbranched alkanes of at least 4 members (excludes halogenated alkanes) is 1. The number of carbonyl (C=O) groups is 5. The maximum absolute atomic E-state index is 13.2. The zero-order chi connectivity index (χ0) is 27.6. The number of esters is 1. The fraction of sp³-hybridized carbons (Fsp3) is 0.393. The number of carboxylic acids is 1. The largest absolute Gasteiger partial charge is 0.481 e. The standard InChI is InChI=1S/C28H31N3O7/c1-28(2,3)38-27(37)17-10-11-21-18(14-17)16-30(26(36)22(29-21)15-23(32)33)12-6-7-13-31-24(34)19-8-4-5-9-20(19)25(31)35/h4-5,8-11,14,22,29H,6-7,12-13,15-16H2,1-3H3,(H,32,33)/t22-/m0/s1. The molecule has 0 bridgehead atoms. The summed E-state index contributed by atoms with van der Waals surface area (Å²) in [5.74, 6) is -2.64. The third kappa shape index (κ3) is 5.85. The van der Waals surface area contributed by atoms with Gasteiger partial charge in [-0.1, -0.05) is 12.1 Å². The molecule has 0 fully saturated rings.